The van der Waals surface area contributed by atoms with E-state index in [0.29, 0.717) is 6.42 Å². The maximum absolute atomic E-state index is 11.5. The fourth-order valence-corrected chi connectivity index (χ4v) is 1.43. The van der Waals surface area contributed by atoms with E-state index < -0.39 is 18.0 Å². The van der Waals surface area contributed by atoms with Crippen molar-refractivity contribution >= 4 is 17.8 Å². The molecule has 0 aromatic rings. The Hall–Kier alpha value is -1.59. The molecule has 0 aromatic heterocycles. The van der Waals surface area contributed by atoms with Crippen LogP contribution in [-0.2, 0) is 14.4 Å². The lowest BCUT2D eigenvalue weighted by atomic mass is 10.0. The van der Waals surface area contributed by atoms with Crippen LogP contribution in [-0.4, -0.2) is 34.1 Å². The second-order valence-electron chi connectivity index (χ2n) is 4.46. The lowest BCUT2D eigenvalue weighted by Crippen LogP contribution is -2.41. The minimum atomic E-state index is -1.13. The molecule has 0 aliphatic rings. The zero-order chi connectivity index (χ0) is 14.1. The molecule has 0 fully saturated rings. The molecule has 1 unspecified atom stereocenters. The van der Waals surface area contributed by atoms with Gasteiger partial charge in [0.25, 0.3) is 0 Å². The largest absolute Gasteiger partial charge is 0.481 e. The van der Waals surface area contributed by atoms with Crippen LogP contribution in [0.5, 0.6) is 0 Å². The summed E-state index contributed by atoms with van der Waals surface area (Å²) >= 11 is 0. The highest BCUT2D eigenvalue weighted by Crippen LogP contribution is 2.07. The summed E-state index contributed by atoms with van der Waals surface area (Å²) in [5.41, 5.74) is 0. The second-order valence-corrected chi connectivity index (χ2v) is 4.46. The molecule has 6 nitrogen and oxygen atoms in total. The van der Waals surface area contributed by atoms with Gasteiger partial charge in [-0.2, -0.15) is 0 Å². The summed E-state index contributed by atoms with van der Waals surface area (Å²) in [6.07, 6.45) is 1.41. The van der Waals surface area contributed by atoms with Gasteiger partial charge in [0.1, 0.15) is 6.04 Å². The lowest BCUT2D eigenvalue weighted by Gasteiger charge is -2.15. The summed E-state index contributed by atoms with van der Waals surface area (Å²) in [4.78, 5) is 32.8. The fraction of sp³-hybridized carbons (Fsp3) is 0.750. The Morgan fingerprint density at radius 2 is 1.83 bits per heavy atom. The third kappa shape index (κ3) is 7.65. The average Bonchev–Trinajstić information content (AvgIpc) is 2.26. The maximum atomic E-state index is 11.5. The molecule has 0 radical (unpaired) electrons. The van der Waals surface area contributed by atoms with Gasteiger partial charge in [-0.15, -0.1) is 0 Å². The van der Waals surface area contributed by atoms with Gasteiger partial charge >= 0.3 is 11.9 Å². The van der Waals surface area contributed by atoms with Gasteiger partial charge in [0, 0.05) is 12.8 Å². The van der Waals surface area contributed by atoms with Crippen LogP contribution < -0.4 is 5.32 Å². The van der Waals surface area contributed by atoms with E-state index in [1.54, 1.807) is 0 Å². The van der Waals surface area contributed by atoms with E-state index in [4.69, 9.17) is 10.2 Å². The Morgan fingerprint density at radius 1 is 1.22 bits per heavy atom. The van der Waals surface area contributed by atoms with Crippen molar-refractivity contribution in [1.29, 1.82) is 0 Å². The highest BCUT2D eigenvalue weighted by Gasteiger charge is 2.20. The molecular weight excluding hydrogens is 238 g/mol. The predicted octanol–water partition coefficient (Wildman–Crippen LogP) is 1.25. The van der Waals surface area contributed by atoms with Gasteiger partial charge < -0.3 is 15.5 Å². The Kier molecular flexibility index (Phi) is 7.74. The zero-order valence-corrected chi connectivity index (χ0v) is 10.8. The van der Waals surface area contributed by atoms with Gasteiger partial charge in [0.05, 0.1) is 0 Å². The van der Waals surface area contributed by atoms with Crippen molar-refractivity contribution in [3.63, 3.8) is 0 Å². The Labute approximate surface area is 106 Å². The first kappa shape index (κ1) is 16.4. The molecule has 0 saturated carbocycles. The number of carboxylic acid groups (broad SMARTS) is 2. The number of hydrogen-bond donors (Lipinski definition) is 3. The van der Waals surface area contributed by atoms with Gasteiger partial charge in [0.15, 0.2) is 0 Å². The Balaban J connectivity index is 4.14. The average molecular weight is 259 g/mol. The molecule has 2 atom stereocenters. The highest BCUT2D eigenvalue weighted by molar-refractivity contribution is 5.83. The summed E-state index contributed by atoms with van der Waals surface area (Å²) in [6, 6.07) is -0.999. The summed E-state index contributed by atoms with van der Waals surface area (Å²) in [5.74, 6) is -2.19. The molecule has 0 aliphatic heterocycles. The minimum absolute atomic E-state index is 0.0922. The van der Waals surface area contributed by atoms with Crippen LogP contribution in [0.15, 0.2) is 0 Å². The van der Waals surface area contributed by atoms with Crippen LogP contribution in [0.1, 0.15) is 46.0 Å². The molecule has 0 heterocycles. The van der Waals surface area contributed by atoms with Crippen molar-refractivity contribution in [1.82, 2.24) is 5.32 Å². The maximum Gasteiger partial charge on any atom is 0.326 e. The predicted molar refractivity (Wildman–Crippen MR) is 65.1 cm³/mol. The molecule has 104 valence electrons. The van der Waals surface area contributed by atoms with Crippen LogP contribution in [0.25, 0.3) is 0 Å². The smallest absolute Gasteiger partial charge is 0.326 e. The first-order valence-corrected chi connectivity index (χ1v) is 6.10. The van der Waals surface area contributed by atoms with Crippen LogP contribution in [0.2, 0.25) is 0 Å². The number of aliphatic carboxylic acids is 2. The molecule has 3 N–H and O–H groups in total. The number of carboxylic acids is 2. The van der Waals surface area contributed by atoms with E-state index >= 15 is 0 Å². The Morgan fingerprint density at radius 3 is 2.28 bits per heavy atom. The molecule has 0 rings (SSSR count). The molecular formula is C12H21NO5. The number of carbonyl (C=O) groups excluding carboxylic acids is 1. The van der Waals surface area contributed by atoms with Gasteiger partial charge in [-0.25, -0.2) is 4.79 Å². The van der Waals surface area contributed by atoms with Gasteiger partial charge in [0.2, 0.25) is 5.91 Å². The molecule has 0 aliphatic carbocycles. The van der Waals surface area contributed by atoms with E-state index in [9.17, 15) is 14.4 Å². The highest BCUT2D eigenvalue weighted by atomic mass is 16.4. The number of amides is 1. The van der Waals surface area contributed by atoms with Crippen LogP contribution in [0.3, 0.4) is 0 Å². The quantitative estimate of drug-likeness (QED) is 0.578. The van der Waals surface area contributed by atoms with Crippen LogP contribution in [0, 0.1) is 5.92 Å². The van der Waals surface area contributed by atoms with Gasteiger partial charge in [-0.1, -0.05) is 20.3 Å². The molecule has 6 heteroatoms. The number of hydrogen-bond acceptors (Lipinski definition) is 3. The number of carbonyl (C=O) groups is 3. The van der Waals surface area contributed by atoms with Crippen molar-refractivity contribution in [2.24, 2.45) is 5.92 Å². The zero-order valence-electron chi connectivity index (χ0n) is 10.8. The Bertz CT molecular complexity index is 303. The van der Waals surface area contributed by atoms with E-state index in [2.05, 4.69) is 5.32 Å². The van der Waals surface area contributed by atoms with Crippen molar-refractivity contribution in [3.05, 3.63) is 0 Å². The first-order valence-electron chi connectivity index (χ1n) is 6.10. The fourth-order valence-electron chi connectivity index (χ4n) is 1.43. The number of rotatable bonds is 9. The minimum Gasteiger partial charge on any atom is -0.481 e. The van der Waals surface area contributed by atoms with Crippen LogP contribution in [0.4, 0.5) is 0 Å². The topological polar surface area (TPSA) is 104 Å². The third-order valence-corrected chi connectivity index (χ3v) is 2.75. The second kappa shape index (κ2) is 8.49. The third-order valence-electron chi connectivity index (χ3n) is 2.75. The first-order chi connectivity index (χ1) is 8.36. The van der Waals surface area contributed by atoms with Crippen molar-refractivity contribution in [2.75, 3.05) is 0 Å². The van der Waals surface area contributed by atoms with Crippen molar-refractivity contribution in [2.45, 2.75) is 52.0 Å². The van der Waals surface area contributed by atoms with E-state index in [0.717, 1.165) is 6.42 Å². The van der Waals surface area contributed by atoms with Crippen molar-refractivity contribution < 1.29 is 24.6 Å². The van der Waals surface area contributed by atoms with E-state index in [1.165, 1.54) is 0 Å². The monoisotopic (exact) mass is 259 g/mol. The standard InChI is InChI=1S/C12H21NO5/c1-3-8(2)7-10(14)13-9(12(17)18)5-4-6-11(15)16/h8-9H,3-7H2,1-2H3,(H,13,14)(H,15,16)(H,17,18)/t8?,9-/m1/s1. The van der Waals surface area contributed by atoms with Crippen molar-refractivity contribution in [3.8, 4) is 0 Å². The van der Waals surface area contributed by atoms with Gasteiger partial charge in [-0.05, 0) is 18.8 Å². The lowest BCUT2D eigenvalue weighted by molar-refractivity contribution is -0.142. The normalized spacial score (nSPS) is 13.7. The SMILES string of the molecule is CCC(C)CC(=O)N[C@H](CCCC(=O)O)C(=O)O. The molecule has 1 amide bonds. The molecule has 0 spiro atoms. The number of nitrogens with one attached hydrogen (secondary N) is 1. The van der Waals surface area contributed by atoms with Gasteiger partial charge in [-0.3, -0.25) is 9.59 Å². The molecule has 0 bridgehead atoms. The van der Waals surface area contributed by atoms with E-state index in [1.807, 2.05) is 13.8 Å². The summed E-state index contributed by atoms with van der Waals surface area (Å²) in [5, 5.41) is 19.8. The van der Waals surface area contributed by atoms with Crippen LogP contribution >= 0.6 is 0 Å². The molecule has 0 saturated heterocycles. The molecule has 0 aromatic carbocycles. The summed E-state index contributed by atoms with van der Waals surface area (Å²) in [7, 11) is 0. The summed E-state index contributed by atoms with van der Waals surface area (Å²) in [6.45, 7) is 3.87. The molecule has 18 heavy (non-hydrogen) atoms. The van der Waals surface area contributed by atoms with E-state index in [-0.39, 0.29) is 31.1 Å². The summed E-state index contributed by atoms with van der Waals surface area (Å²) < 4.78 is 0.